The van der Waals surface area contributed by atoms with E-state index in [1.165, 1.54) is 6.07 Å². The summed E-state index contributed by atoms with van der Waals surface area (Å²) in [5, 5.41) is 0. The summed E-state index contributed by atoms with van der Waals surface area (Å²) in [6.45, 7) is 4.21. The van der Waals surface area contributed by atoms with E-state index in [2.05, 4.69) is 4.72 Å². The van der Waals surface area contributed by atoms with Gasteiger partial charge < -0.3 is 10.5 Å². The molecule has 0 spiro atoms. The Balaban J connectivity index is 2.40. The van der Waals surface area contributed by atoms with E-state index in [1.54, 1.807) is 30.3 Å². The van der Waals surface area contributed by atoms with Gasteiger partial charge in [-0.1, -0.05) is 18.2 Å². The lowest BCUT2D eigenvalue weighted by molar-refractivity contribution is 0.342. The number of aryl methyl sites for hydroxylation is 1. The first-order valence-electron chi connectivity index (χ1n) is 6.55. The number of hydrogen-bond donors (Lipinski definition) is 2. The molecule has 0 unspecified atom stereocenters. The van der Waals surface area contributed by atoms with Crippen molar-refractivity contribution in [3.63, 3.8) is 0 Å². The lowest BCUT2D eigenvalue weighted by atomic mass is 10.2. The number of anilines is 2. The molecule has 0 radical (unpaired) electrons. The third-order valence-electron chi connectivity index (χ3n) is 2.89. The second-order valence-corrected chi connectivity index (χ2v) is 6.23. The number of nitrogen functional groups attached to an aromatic ring is 1. The van der Waals surface area contributed by atoms with E-state index in [0.717, 1.165) is 5.56 Å². The molecule has 2 rings (SSSR count). The minimum absolute atomic E-state index is 0.0491. The fourth-order valence-corrected chi connectivity index (χ4v) is 3.12. The van der Waals surface area contributed by atoms with E-state index in [0.29, 0.717) is 18.0 Å². The molecular formula is C15H18N2O3S. The number of hydrogen-bond acceptors (Lipinski definition) is 4. The largest absolute Gasteiger partial charge is 0.492 e. The van der Waals surface area contributed by atoms with Gasteiger partial charge in [0.05, 0.1) is 18.0 Å². The van der Waals surface area contributed by atoms with Crippen LogP contribution < -0.4 is 15.2 Å². The number of nitrogens with one attached hydrogen (secondary N) is 1. The van der Waals surface area contributed by atoms with E-state index >= 15 is 0 Å². The fraction of sp³-hybridized carbons (Fsp3) is 0.200. The molecule has 0 fully saturated rings. The van der Waals surface area contributed by atoms with Crippen LogP contribution in [-0.4, -0.2) is 15.0 Å². The monoisotopic (exact) mass is 306 g/mol. The third kappa shape index (κ3) is 3.46. The molecule has 0 aliphatic rings. The first-order valence-corrected chi connectivity index (χ1v) is 8.03. The van der Waals surface area contributed by atoms with Gasteiger partial charge in [0.2, 0.25) is 0 Å². The molecule has 3 N–H and O–H groups in total. The molecule has 6 heteroatoms. The molecule has 0 bridgehead atoms. The smallest absolute Gasteiger partial charge is 0.264 e. The van der Waals surface area contributed by atoms with E-state index in [-0.39, 0.29) is 10.6 Å². The molecule has 5 nitrogen and oxygen atoms in total. The van der Waals surface area contributed by atoms with Gasteiger partial charge >= 0.3 is 0 Å². The Bertz CT molecular complexity index is 742. The Morgan fingerprint density at radius 2 is 1.90 bits per heavy atom. The number of rotatable bonds is 5. The number of para-hydroxylation sites is 1. The van der Waals surface area contributed by atoms with Crippen molar-refractivity contribution in [3.05, 3.63) is 48.0 Å². The second kappa shape index (κ2) is 6.05. The predicted molar refractivity (Wildman–Crippen MR) is 84.0 cm³/mol. The standard InChI is InChI=1S/C15H18N2O3S/c1-3-20-14-10-11(2)8-9-13(14)17-21(18,19)15-7-5-4-6-12(15)16/h4-10,17H,3,16H2,1-2H3. The first kappa shape index (κ1) is 15.2. The van der Waals surface area contributed by atoms with Crippen LogP contribution in [0.25, 0.3) is 0 Å². The van der Waals surface area contributed by atoms with Gasteiger partial charge in [0.15, 0.2) is 0 Å². The van der Waals surface area contributed by atoms with Gasteiger partial charge in [-0.15, -0.1) is 0 Å². The van der Waals surface area contributed by atoms with Gasteiger partial charge in [-0.05, 0) is 43.7 Å². The maximum Gasteiger partial charge on any atom is 0.264 e. The van der Waals surface area contributed by atoms with Crippen LogP contribution in [0.1, 0.15) is 12.5 Å². The summed E-state index contributed by atoms with van der Waals surface area (Å²) in [4.78, 5) is 0.0491. The molecule has 112 valence electrons. The Labute approximate surface area is 124 Å². The lowest BCUT2D eigenvalue weighted by Gasteiger charge is -2.14. The molecule has 0 heterocycles. The van der Waals surface area contributed by atoms with Crippen LogP contribution in [0.4, 0.5) is 11.4 Å². The summed E-state index contributed by atoms with van der Waals surface area (Å²) >= 11 is 0. The van der Waals surface area contributed by atoms with Crippen LogP contribution in [-0.2, 0) is 10.0 Å². The number of sulfonamides is 1. The van der Waals surface area contributed by atoms with Gasteiger partial charge in [-0.2, -0.15) is 0 Å². The molecule has 0 atom stereocenters. The normalized spacial score (nSPS) is 11.1. The molecule has 0 amide bonds. The van der Waals surface area contributed by atoms with Crippen LogP contribution in [0, 0.1) is 6.92 Å². The molecule has 0 saturated heterocycles. The van der Waals surface area contributed by atoms with E-state index in [9.17, 15) is 8.42 Å². The van der Waals surface area contributed by atoms with Crippen molar-refractivity contribution >= 4 is 21.4 Å². The van der Waals surface area contributed by atoms with Crippen LogP contribution in [0.15, 0.2) is 47.4 Å². The summed E-state index contributed by atoms with van der Waals surface area (Å²) in [7, 11) is -3.75. The maximum atomic E-state index is 12.4. The highest BCUT2D eigenvalue weighted by Gasteiger charge is 2.19. The summed E-state index contributed by atoms with van der Waals surface area (Å²) in [5.74, 6) is 0.496. The van der Waals surface area contributed by atoms with Crippen molar-refractivity contribution in [2.75, 3.05) is 17.1 Å². The third-order valence-corrected chi connectivity index (χ3v) is 4.33. The Hall–Kier alpha value is -2.21. The Kier molecular flexibility index (Phi) is 4.37. The van der Waals surface area contributed by atoms with Crippen LogP contribution in [0.5, 0.6) is 5.75 Å². The zero-order chi connectivity index (χ0) is 15.5. The van der Waals surface area contributed by atoms with Gasteiger partial charge in [0.25, 0.3) is 10.0 Å². The van der Waals surface area contributed by atoms with Crippen molar-refractivity contribution in [1.29, 1.82) is 0 Å². The quantitative estimate of drug-likeness (QED) is 0.832. The van der Waals surface area contributed by atoms with Gasteiger partial charge in [0.1, 0.15) is 10.6 Å². The topological polar surface area (TPSA) is 81.4 Å². The van der Waals surface area contributed by atoms with Crippen molar-refractivity contribution in [1.82, 2.24) is 0 Å². The number of nitrogens with two attached hydrogens (primary N) is 1. The molecule has 2 aromatic carbocycles. The summed E-state index contributed by atoms with van der Waals surface area (Å²) < 4.78 is 32.8. The highest BCUT2D eigenvalue weighted by Crippen LogP contribution is 2.29. The van der Waals surface area contributed by atoms with Gasteiger partial charge in [-0.3, -0.25) is 4.72 Å². The molecular weight excluding hydrogens is 288 g/mol. The van der Waals surface area contributed by atoms with Crippen molar-refractivity contribution < 1.29 is 13.2 Å². The van der Waals surface area contributed by atoms with E-state index in [1.807, 2.05) is 19.9 Å². The maximum absolute atomic E-state index is 12.4. The molecule has 21 heavy (non-hydrogen) atoms. The fourth-order valence-electron chi connectivity index (χ4n) is 1.91. The Morgan fingerprint density at radius 1 is 1.19 bits per heavy atom. The SMILES string of the molecule is CCOc1cc(C)ccc1NS(=O)(=O)c1ccccc1N. The molecule has 0 aliphatic heterocycles. The Morgan fingerprint density at radius 3 is 2.57 bits per heavy atom. The highest BCUT2D eigenvalue weighted by molar-refractivity contribution is 7.92. The summed E-state index contributed by atoms with van der Waals surface area (Å²) in [5.41, 5.74) is 7.32. The van der Waals surface area contributed by atoms with Crippen molar-refractivity contribution in [3.8, 4) is 5.75 Å². The molecule has 0 saturated carbocycles. The molecule has 2 aromatic rings. The predicted octanol–water partition coefficient (Wildman–Crippen LogP) is 2.78. The lowest BCUT2D eigenvalue weighted by Crippen LogP contribution is -2.15. The van der Waals surface area contributed by atoms with Gasteiger partial charge in [0, 0.05) is 0 Å². The highest BCUT2D eigenvalue weighted by atomic mass is 32.2. The average Bonchev–Trinajstić information content (AvgIpc) is 2.42. The van der Waals surface area contributed by atoms with Gasteiger partial charge in [-0.25, -0.2) is 8.42 Å². The second-order valence-electron chi connectivity index (χ2n) is 4.58. The molecule has 0 aromatic heterocycles. The number of benzene rings is 2. The average molecular weight is 306 g/mol. The van der Waals surface area contributed by atoms with Crippen molar-refractivity contribution in [2.24, 2.45) is 0 Å². The van der Waals surface area contributed by atoms with Crippen LogP contribution in [0.2, 0.25) is 0 Å². The first-order chi connectivity index (χ1) is 9.94. The van der Waals surface area contributed by atoms with Crippen LogP contribution in [0.3, 0.4) is 0 Å². The zero-order valence-electron chi connectivity index (χ0n) is 12.0. The summed E-state index contributed by atoms with van der Waals surface area (Å²) in [6.07, 6.45) is 0. The van der Waals surface area contributed by atoms with Crippen molar-refractivity contribution in [2.45, 2.75) is 18.7 Å². The van der Waals surface area contributed by atoms with E-state index < -0.39 is 10.0 Å². The zero-order valence-corrected chi connectivity index (χ0v) is 12.8. The minimum atomic E-state index is -3.75. The molecule has 0 aliphatic carbocycles. The number of ether oxygens (including phenoxy) is 1. The van der Waals surface area contributed by atoms with Crippen LogP contribution >= 0.6 is 0 Å². The van der Waals surface area contributed by atoms with E-state index in [4.69, 9.17) is 10.5 Å². The minimum Gasteiger partial charge on any atom is -0.492 e. The summed E-state index contributed by atoms with van der Waals surface area (Å²) in [6, 6.07) is 11.6.